The molecule has 0 radical (unpaired) electrons. The molecule has 4 heterocycles. The Labute approximate surface area is 155 Å². The fourth-order valence-corrected chi connectivity index (χ4v) is 3.44. The quantitative estimate of drug-likeness (QED) is 0.525. The highest BCUT2D eigenvalue weighted by Gasteiger charge is 2.24. The summed E-state index contributed by atoms with van der Waals surface area (Å²) in [5.74, 6) is 1.69. The molecule has 1 saturated heterocycles. The van der Waals surface area contributed by atoms with E-state index in [1.54, 1.807) is 15.7 Å². The second-order valence-electron chi connectivity index (χ2n) is 6.40. The number of fused-ring (bicyclic) bond motifs is 1. The van der Waals surface area contributed by atoms with Crippen LogP contribution in [0.1, 0.15) is 0 Å². The molecule has 0 N–H and O–H groups in total. The Bertz CT molecular complexity index is 1060. The minimum absolute atomic E-state index is 0.759. The molecular formula is C17H18N10. The largest absolute Gasteiger partial charge is 0.352 e. The Hall–Kier alpha value is -3.56. The van der Waals surface area contributed by atoms with Crippen molar-refractivity contribution in [1.82, 2.24) is 40.0 Å². The summed E-state index contributed by atoms with van der Waals surface area (Å²) in [7, 11) is 1.89. The van der Waals surface area contributed by atoms with Gasteiger partial charge in [-0.1, -0.05) is 23.3 Å². The molecule has 1 aliphatic heterocycles. The molecule has 0 saturated carbocycles. The van der Waals surface area contributed by atoms with Crippen molar-refractivity contribution in [2.45, 2.75) is 0 Å². The highest BCUT2D eigenvalue weighted by molar-refractivity contribution is 5.86. The summed E-state index contributed by atoms with van der Waals surface area (Å²) >= 11 is 0. The molecule has 0 atom stereocenters. The number of anilines is 2. The van der Waals surface area contributed by atoms with Crippen molar-refractivity contribution in [3.63, 3.8) is 0 Å². The number of para-hydroxylation sites is 1. The summed E-state index contributed by atoms with van der Waals surface area (Å²) in [6, 6.07) is 9.93. The van der Waals surface area contributed by atoms with Crippen LogP contribution in [0.4, 0.5) is 11.8 Å². The monoisotopic (exact) mass is 362 g/mol. The molecule has 10 heteroatoms. The van der Waals surface area contributed by atoms with Gasteiger partial charge < -0.3 is 9.80 Å². The number of rotatable bonds is 3. The summed E-state index contributed by atoms with van der Waals surface area (Å²) in [5, 5.41) is 17.5. The van der Waals surface area contributed by atoms with Crippen LogP contribution in [0, 0.1) is 0 Å². The van der Waals surface area contributed by atoms with Crippen LogP contribution in [0.5, 0.6) is 0 Å². The molecular weight excluding hydrogens is 344 g/mol. The predicted octanol–water partition coefficient (Wildman–Crippen LogP) is 0.666. The van der Waals surface area contributed by atoms with Crippen LogP contribution < -0.4 is 9.80 Å². The molecule has 5 rings (SSSR count). The van der Waals surface area contributed by atoms with Crippen LogP contribution >= 0.6 is 0 Å². The molecule has 136 valence electrons. The van der Waals surface area contributed by atoms with E-state index in [0.717, 1.165) is 54.7 Å². The Morgan fingerprint density at radius 1 is 0.926 bits per heavy atom. The fraction of sp³-hybridized carbons (Fsp3) is 0.294. The van der Waals surface area contributed by atoms with Gasteiger partial charge >= 0.3 is 0 Å². The first-order valence-electron chi connectivity index (χ1n) is 8.77. The van der Waals surface area contributed by atoms with Crippen molar-refractivity contribution < 1.29 is 0 Å². The third-order valence-electron chi connectivity index (χ3n) is 4.82. The molecule has 1 aliphatic rings. The van der Waals surface area contributed by atoms with E-state index in [1.807, 2.05) is 43.6 Å². The zero-order valence-electron chi connectivity index (χ0n) is 14.8. The van der Waals surface area contributed by atoms with E-state index in [-0.39, 0.29) is 0 Å². The number of aromatic nitrogens is 8. The lowest BCUT2D eigenvalue weighted by molar-refractivity contribution is 0.627. The molecule has 27 heavy (non-hydrogen) atoms. The smallest absolute Gasteiger partial charge is 0.250 e. The van der Waals surface area contributed by atoms with Gasteiger partial charge in [0.15, 0.2) is 5.65 Å². The SMILES string of the molecule is Cn1ncc2c(N3CCN(c4nnnn4-c4ccccc4)CC3)ncnc21. The average molecular weight is 362 g/mol. The van der Waals surface area contributed by atoms with Gasteiger partial charge in [-0.15, -0.1) is 0 Å². The maximum absolute atomic E-state index is 4.49. The van der Waals surface area contributed by atoms with E-state index in [9.17, 15) is 0 Å². The molecule has 0 aliphatic carbocycles. The number of piperazine rings is 1. The maximum atomic E-state index is 4.49. The lowest BCUT2D eigenvalue weighted by Gasteiger charge is -2.35. The Kier molecular flexibility index (Phi) is 3.66. The Balaban J connectivity index is 1.38. The molecule has 0 amide bonds. The van der Waals surface area contributed by atoms with Gasteiger partial charge in [0.05, 0.1) is 17.3 Å². The van der Waals surface area contributed by atoms with Crippen molar-refractivity contribution in [3.05, 3.63) is 42.9 Å². The zero-order chi connectivity index (χ0) is 18.2. The van der Waals surface area contributed by atoms with Gasteiger partial charge in [-0.05, 0) is 22.6 Å². The predicted molar refractivity (Wildman–Crippen MR) is 99.9 cm³/mol. The molecule has 3 aromatic heterocycles. The highest BCUT2D eigenvalue weighted by Crippen LogP contribution is 2.24. The Morgan fingerprint density at radius 2 is 1.70 bits per heavy atom. The van der Waals surface area contributed by atoms with Crippen molar-refractivity contribution in [1.29, 1.82) is 0 Å². The average Bonchev–Trinajstić information content (AvgIpc) is 3.36. The highest BCUT2D eigenvalue weighted by atomic mass is 15.6. The molecule has 10 nitrogen and oxygen atoms in total. The number of aryl methyl sites for hydroxylation is 1. The lowest BCUT2D eigenvalue weighted by Crippen LogP contribution is -2.47. The fourth-order valence-electron chi connectivity index (χ4n) is 3.44. The van der Waals surface area contributed by atoms with Crippen molar-refractivity contribution in [3.8, 4) is 5.69 Å². The van der Waals surface area contributed by atoms with Gasteiger partial charge in [0.25, 0.3) is 0 Å². The van der Waals surface area contributed by atoms with E-state index >= 15 is 0 Å². The van der Waals surface area contributed by atoms with Crippen LogP contribution in [0.2, 0.25) is 0 Å². The third-order valence-corrected chi connectivity index (χ3v) is 4.82. The number of tetrazole rings is 1. The van der Waals surface area contributed by atoms with Gasteiger partial charge in [0.1, 0.15) is 12.1 Å². The standard InChI is InChI=1S/C17H18N10/c1-24-15-14(11-20-24)16(19-12-18-15)25-7-9-26(10-8-25)17-21-22-23-27(17)13-5-3-2-4-6-13/h2-6,11-12H,7-10H2,1H3. The van der Waals surface area contributed by atoms with Crippen molar-refractivity contribution in [2.75, 3.05) is 36.0 Å². The van der Waals surface area contributed by atoms with Crippen LogP contribution in [0.15, 0.2) is 42.9 Å². The lowest BCUT2D eigenvalue weighted by atomic mass is 10.3. The molecule has 0 bridgehead atoms. The summed E-state index contributed by atoms with van der Waals surface area (Å²) in [6.07, 6.45) is 3.43. The number of nitrogens with zero attached hydrogens (tertiary/aromatic N) is 10. The van der Waals surface area contributed by atoms with E-state index in [2.05, 4.69) is 40.4 Å². The number of hydrogen-bond donors (Lipinski definition) is 0. The van der Waals surface area contributed by atoms with Crippen LogP contribution in [0.3, 0.4) is 0 Å². The molecule has 4 aromatic rings. The normalized spacial score (nSPS) is 14.9. The van der Waals surface area contributed by atoms with Gasteiger partial charge in [-0.2, -0.15) is 9.78 Å². The number of benzene rings is 1. The minimum atomic E-state index is 0.759. The molecule has 0 unspecified atom stereocenters. The second-order valence-corrected chi connectivity index (χ2v) is 6.40. The Morgan fingerprint density at radius 3 is 2.52 bits per heavy atom. The molecule has 1 fully saturated rings. The second kappa shape index (κ2) is 6.31. The molecule has 1 aromatic carbocycles. The summed E-state index contributed by atoms with van der Waals surface area (Å²) in [4.78, 5) is 13.3. The van der Waals surface area contributed by atoms with E-state index in [1.165, 1.54) is 0 Å². The van der Waals surface area contributed by atoms with Gasteiger partial charge in [0.2, 0.25) is 5.95 Å². The van der Waals surface area contributed by atoms with Gasteiger partial charge in [-0.25, -0.2) is 9.97 Å². The topological polar surface area (TPSA) is 93.7 Å². The van der Waals surface area contributed by atoms with Crippen LogP contribution in [-0.2, 0) is 7.05 Å². The maximum Gasteiger partial charge on any atom is 0.250 e. The summed E-state index contributed by atoms with van der Waals surface area (Å²) < 4.78 is 3.55. The van der Waals surface area contributed by atoms with E-state index in [4.69, 9.17) is 0 Å². The first-order valence-corrected chi connectivity index (χ1v) is 8.77. The first kappa shape index (κ1) is 15.7. The van der Waals surface area contributed by atoms with Gasteiger partial charge in [-0.3, -0.25) is 4.68 Å². The van der Waals surface area contributed by atoms with Gasteiger partial charge in [0, 0.05) is 33.2 Å². The summed E-state index contributed by atoms with van der Waals surface area (Å²) in [6.45, 7) is 3.25. The van der Waals surface area contributed by atoms with Crippen LogP contribution in [-0.4, -0.2) is 66.1 Å². The summed E-state index contributed by atoms with van der Waals surface area (Å²) in [5.41, 5.74) is 1.79. The van der Waals surface area contributed by atoms with E-state index in [0.29, 0.717) is 0 Å². The molecule has 0 spiro atoms. The van der Waals surface area contributed by atoms with E-state index < -0.39 is 0 Å². The van der Waals surface area contributed by atoms with Crippen LogP contribution in [0.25, 0.3) is 16.7 Å². The zero-order valence-corrected chi connectivity index (χ0v) is 14.8. The first-order chi connectivity index (χ1) is 13.3. The van der Waals surface area contributed by atoms with Crippen molar-refractivity contribution >= 4 is 22.8 Å². The number of hydrogen-bond acceptors (Lipinski definition) is 8. The minimum Gasteiger partial charge on any atom is -0.352 e. The van der Waals surface area contributed by atoms with Crippen molar-refractivity contribution in [2.24, 2.45) is 7.05 Å². The third kappa shape index (κ3) is 2.65.